The highest BCUT2D eigenvalue weighted by molar-refractivity contribution is 6.23. The first-order chi connectivity index (χ1) is 19.8. The first-order valence-corrected chi connectivity index (χ1v) is 13.8. The molecule has 0 spiro atoms. The molecule has 0 saturated heterocycles. The van der Waals surface area contributed by atoms with Gasteiger partial charge in [0.1, 0.15) is 11.2 Å². The molecule has 9 aromatic rings. The molecule has 3 nitrogen and oxygen atoms in total. The van der Waals surface area contributed by atoms with Gasteiger partial charge in [-0.05, 0) is 47.5 Å². The molecule has 4 heterocycles. The van der Waals surface area contributed by atoms with Crippen LogP contribution in [-0.2, 0) is 6.54 Å². The van der Waals surface area contributed by atoms with Crippen LogP contribution >= 0.6 is 0 Å². The summed E-state index contributed by atoms with van der Waals surface area (Å²) in [6.45, 7) is 0.807. The van der Waals surface area contributed by atoms with E-state index >= 15 is 0 Å². The van der Waals surface area contributed by atoms with E-state index in [9.17, 15) is 0 Å². The molecular formula is C37H22N2O. The zero-order chi connectivity index (χ0) is 25.9. The summed E-state index contributed by atoms with van der Waals surface area (Å²) in [5.41, 5.74) is 11.7. The number of nitrogens with zero attached hydrogens (tertiary/aromatic N) is 2. The summed E-state index contributed by atoms with van der Waals surface area (Å²) in [5.74, 6) is 0. The summed E-state index contributed by atoms with van der Waals surface area (Å²) >= 11 is 0. The molecule has 10 rings (SSSR count). The maximum absolute atomic E-state index is 6.47. The Bertz CT molecular complexity index is 2520. The summed E-state index contributed by atoms with van der Waals surface area (Å²) < 4.78 is 11.5. The average molecular weight is 511 g/mol. The molecule has 1 aliphatic rings. The minimum Gasteiger partial charge on any atom is -0.455 e. The number of hydrogen-bond acceptors (Lipinski definition) is 1. The van der Waals surface area contributed by atoms with Crippen molar-refractivity contribution in [1.82, 2.24) is 9.13 Å². The minimum absolute atomic E-state index is 0.807. The Hall–Kier alpha value is -5.28. The van der Waals surface area contributed by atoms with Crippen LogP contribution in [0, 0.1) is 0 Å². The van der Waals surface area contributed by atoms with Crippen molar-refractivity contribution in [2.75, 3.05) is 0 Å². The van der Waals surface area contributed by atoms with Gasteiger partial charge in [-0.15, -0.1) is 0 Å². The molecular weight excluding hydrogens is 488 g/mol. The third-order valence-electron chi connectivity index (χ3n) is 8.86. The average Bonchev–Trinajstić information content (AvgIpc) is 3.64. The molecule has 0 saturated carbocycles. The monoisotopic (exact) mass is 510 g/mol. The number of hydrogen-bond donors (Lipinski definition) is 0. The lowest BCUT2D eigenvalue weighted by Gasteiger charge is -2.19. The third-order valence-corrected chi connectivity index (χ3v) is 8.86. The fourth-order valence-electron chi connectivity index (χ4n) is 7.23. The Morgan fingerprint density at radius 2 is 1.23 bits per heavy atom. The summed E-state index contributed by atoms with van der Waals surface area (Å²) in [7, 11) is 0. The molecule has 6 aromatic carbocycles. The zero-order valence-corrected chi connectivity index (χ0v) is 21.6. The van der Waals surface area contributed by atoms with Crippen molar-refractivity contribution in [3.05, 3.63) is 127 Å². The SMILES string of the molecule is c1ccc2c(c1)oc1c(-c3cc4cc(c3)-n3c5ccccc5c5ccc6c7ccccc7n(c6c53)C4)cccc12. The Kier molecular flexibility index (Phi) is 3.73. The molecule has 3 heteroatoms. The predicted molar refractivity (Wildman–Crippen MR) is 166 cm³/mol. The molecule has 2 bridgehead atoms. The molecule has 0 radical (unpaired) electrons. The molecule has 0 unspecified atom stereocenters. The van der Waals surface area contributed by atoms with Crippen molar-refractivity contribution >= 4 is 65.6 Å². The smallest absolute Gasteiger partial charge is 0.143 e. The first kappa shape index (κ1) is 20.7. The lowest BCUT2D eigenvalue weighted by molar-refractivity contribution is 0.670. The molecule has 3 aromatic heterocycles. The first-order valence-electron chi connectivity index (χ1n) is 13.8. The number of benzene rings is 6. The van der Waals surface area contributed by atoms with E-state index in [-0.39, 0.29) is 0 Å². The zero-order valence-electron chi connectivity index (χ0n) is 21.6. The van der Waals surface area contributed by atoms with Crippen molar-refractivity contribution in [1.29, 1.82) is 0 Å². The van der Waals surface area contributed by atoms with Gasteiger partial charge in [-0.25, -0.2) is 0 Å². The standard InChI is InChI=1S/C37H22N2O/c1-4-13-32-26(8-1)29-16-17-30-27-9-2-5-14-33(27)39-24-19-22(21-38(32)35(29)36(30)39)18-23(20-24)25-11-7-12-31-28-10-3-6-15-34(28)40-37(25)31/h1-20H,21H2. The summed E-state index contributed by atoms with van der Waals surface area (Å²) in [4.78, 5) is 0. The minimum atomic E-state index is 0.807. The van der Waals surface area contributed by atoms with Crippen molar-refractivity contribution in [3.8, 4) is 16.8 Å². The number of para-hydroxylation sites is 4. The summed E-state index contributed by atoms with van der Waals surface area (Å²) in [6.07, 6.45) is 0. The largest absolute Gasteiger partial charge is 0.455 e. The van der Waals surface area contributed by atoms with E-state index in [4.69, 9.17) is 4.42 Å². The number of fused-ring (bicyclic) bond motifs is 12. The van der Waals surface area contributed by atoms with E-state index in [0.717, 1.165) is 34.0 Å². The lowest BCUT2D eigenvalue weighted by atomic mass is 9.99. The Morgan fingerprint density at radius 3 is 2.10 bits per heavy atom. The number of aromatic nitrogens is 2. The Morgan fingerprint density at radius 1 is 0.525 bits per heavy atom. The van der Waals surface area contributed by atoms with Gasteiger partial charge < -0.3 is 13.6 Å². The highest BCUT2D eigenvalue weighted by atomic mass is 16.3. The second-order valence-electron chi connectivity index (χ2n) is 11.0. The van der Waals surface area contributed by atoms with Crippen LogP contribution in [0.2, 0.25) is 0 Å². The maximum Gasteiger partial charge on any atom is 0.143 e. The maximum atomic E-state index is 6.47. The van der Waals surface area contributed by atoms with E-state index in [1.54, 1.807) is 0 Å². The molecule has 0 fully saturated rings. The molecule has 0 N–H and O–H groups in total. The molecule has 0 atom stereocenters. The number of rotatable bonds is 1. The fraction of sp³-hybridized carbons (Fsp3) is 0.0270. The van der Waals surface area contributed by atoms with Gasteiger partial charge in [-0.2, -0.15) is 0 Å². The van der Waals surface area contributed by atoms with Crippen molar-refractivity contribution in [2.24, 2.45) is 0 Å². The Balaban J connectivity index is 1.37. The second kappa shape index (κ2) is 7.22. The molecule has 186 valence electrons. The fourth-order valence-corrected chi connectivity index (χ4v) is 7.23. The number of furan rings is 1. The van der Waals surface area contributed by atoms with Gasteiger partial charge in [0.15, 0.2) is 0 Å². The molecule has 1 aliphatic heterocycles. The van der Waals surface area contributed by atoms with E-state index in [0.29, 0.717) is 0 Å². The van der Waals surface area contributed by atoms with Crippen LogP contribution in [0.15, 0.2) is 126 Å². The predicted octanol–water partition coefficient (Wildman–Crippen LogP) is 9.82. The topological polar surface area (TPSA) is 23.0 Å². The highest BCUT2D eigenvalue weighted by Gasteiger charge is 2.23. The van der Waals surface area contributed by atoms with Gasteiger partial charge in [-0.3, -0.25) is 0 Å². The van der Waals surface area contributed by atoms with Crippen LogP contribution < -0.4 is 0 Å². The van der Waals surface area contributed by atoms with Crippen molar-refractivity contribution in [2.45, 2.75) is 6.54 Å². The van der Waals surface area contributed by atoms with Gasteiger partial charge in [0.05, 0.1) is 16.6 Å². The van der Waals surface area contributed by atoms with E-state index in [1.165, 1.54) is 60.4 Å². The highest BCUT2D eigenvalue weighted by Crippen LogP contribution is 2.43. The molecule has 40 heavy (non-hydrogen) atoms. The second-order valence-corrected chi connectivity index (χ2v) is 11.0. The van der Waals surface area contributed by atoms with Crippen LogP contribution in [0.3, 0.4) is 0 Å². The molecule has 0 aliphatic carbocycles. The van der Waals surface area contributed by atoms with Gasteiger partial charge in [0.2, 0.25) is 0 Å². The van der Waals surface area contributed by atoms with Gasteiger partial charge in [-0.1, -0.05) is 84.9 Å². The lowest BCUT2D eigenvalue weighted by Crippen LogP contribution is -2.06. The normalized spacial score (nSPS) is 12.9. The van der Waals surface area contributed by atoms with Crippen LogP contribution in [0.1, 0.15) is 5.56 Å². The third kappa shape index (κ3) is 2.50. The quantitative estimate of drug-likeness (QED) is 0.215. The van der Waals surface area contributed by atoms with E-state index < -0.39 is 0 Å². The Labute approximate surface area is 229 Å². The van der Waals surface area contributed by atoms with Crippen molar-refractivity contribution in [3.63, 3.8) is 0 Å². The molecule has 0 amide bonds. The van der Waals surface area contributed by atoms with Crippen LogP contribution in [0.5, 0.6) is 0 Å². The van der Waals surface area contributed by atoms with Crippen LogP contribution in [-0.4, -0.2) is 9.13 Å². The van der Waals surface area contributed by atoms with Crippen LogP contribution in [0.4, 0.5) is 0 Å². The van der Waals surface area contributed by atoms with E-state index in [2.05, 4.69) is 124 Å². The summed E-state index contributed by atoms with van der Waals surface area (Å²) in [6, 6.07) is 44.1. The van der Waals surface area contributed by atoms with Crippen LogP contribution in [0.25, 0.3) is 82.4 Å². The van der Waals surface area contributed by atoms with Gasteiger partial charge in [0.25, 0.3) is 0 Å². The van der Waals surface area contributed by atoms with Gasteiger partial charge in [0, 0.05) is 55.6 Å². The van der Waals surface area contributed by atoms with Gasteiger partial charge >= 0.3 is 0 Å². The summed E-state index contributed by atoms with van der Waals surface area (Å²) in [5, 5.41) is 7.50. The van der Waals surface area contributed by atoms with E-state index in [1.807, 2.05) is 6.07 Å². The van der Waals surface area contributed by atoms with Crippen molar-refractivity contribution < 1.29 is 4.42 Å².